The van der Waals surface area contributed by atoms with Gasteiger partial charge in [0.2, 0.25) is 5.91 Å². The highest BCUT2D eigenvalue weighted by Crippen LogP contribution is 2.23. The number of morpholine rings is 1. The normalized spacial score (nSPS) is 32.7. The number of amides is 1. The van der Waals surface area contributed by atoms with E-state index in [1.807, 2.05) is 18.7 Å². The molecule has 0 aromatic carbocycles. The third-order valence-electron chi connectivity index (χ3n) is 5.21. The Morgan fingerprint density at radius 1 is 1.00 bits per heavy atom. The first-order chi connectivity index (χ1) is 11.9. The van der Waals surface area contributed by atoms with E-state index in [-0.39, 0.29) is 24.0 Å². The largest absolute Gasteiger partial charge is 0.373 e. The maximum absolute atomic E-state index is 12.9. The molecule has 3 atom stereocenters. The van der Waals surface area contributed by atoms with E-state index in [1.54, 1.807) is 0 Å². The predicted molar refractivity (Wildman–Crippen MR) is 95.1 cm³/mol. The Bertz CT molecular complexity index is 603. The second kappa shape index (κ2) is 7.73. The molecule has 3 rings (SSSR count). The molecular weight excluding hydrogens is 342 g/mol. The van der Waals surface area contributed by atoms with Crippen LogP contribution in [-0.2, 0) is 19.7 Å². The van der Waals surface area contributed by atoms with Gasteiger partial charge in [-0.15, -0.1) is 0 Å². The Balaban J connectivity index is 1.57. The average Bonchev–Trinajstić information content (AvgIpc) is 2.61. The second-order valence-corrected chi connectivity index (χ2v) is 9.22. The van der Waals surface area contributed by atoms with Crippen molar-refractivity contribution in [2.45, 2.75) is 45.3 Å². The number of hydrogen-bond donors (Lipinski definition) is 0. The van der Waals surface area contributed by atoms with Crippen LogP contribution < -0.4 is 0 Å². The lowest BCUT2D eigenvalue weighted by molar-refractivity contribution is -0.137. The molecule has 3 unspecified atom stereocenters. The minimum absolute atomic E-state index is 0.0640. The number of carbonyl (C=O) groups excluding carboxylic acids is 1. The first-order valence-electron chi connectivity index (χ1n) is 9.22. The Morgan fingerprint density at radius 2 is 1.64 bits per heavy atom. The van der Waals surface area contributed by atoms with Crippen LogP contribution in [0.25, 0.3) is 0 Å². The topological polar surface area (TPSA) is 70.2 Å². The molecule has 142 valence electrons. The van der Waals surface area contributed by atoms with E-state index in [2.05, 4.69) is 12.2 Å². The highest BCUT2D eigenvalue weighted by atomic mass is 32.2. The van der Waals surface area contributed by atoms with E-state index >= 15 is 0 Å². The number of carbonyl (C=O) groups is 1. The molecule has 7 nitrogen and oxygen atoms in total. The van der Waals surface area contributed by atoms with Crippen LogP contribution in [-0.4, -0.2) is 79.3 Å². The molecule has 0 bridgehead atoms. The van der Waals surface area contributed by atoms with Crippen LogP contribution in [0.5, 0.6) is 0 Å². The number of piperazine rings is 1. The molecule has 0 spiro atoms. The smallest absolute Gasteiger partial charge is 0.282 e. The van der Waals surface area contributed by atoms with Gasteiger partial charge in [0, 0.05) is 45.2 Å². The van der Waals surface area contributed by atoms with Crippen molar-refractivity contribution in [2.24, 2.45) is 5.92 Å². The molecule has 25 heavy (non-hydrogen) atoms. The third-order valence-corrected chi connectivity index (χ3v) is 7.18. The van der Waals surface area contributed by atoms with E-state index in [0.717, 1.165) is 19.3 Å². The standard InChI is InChI=1S/C17H29N3O4S/c1-14-12-20(13-15(2)24-14)25(22,23)19-10-8-18(9-11-19)17(21)16-6-4-3-5-7-16/h3-4,14-16H,5-13H2,1-2H3. The maximum atomic E-state index is 12.9. The van der Waals surface area contributed by atoms with Gasteiger partial charge in [0.15, 0.2) is 0 Å². The molecule has 0 aromatic rings. The molecule has 0 saturated carbocycles. The Labute approximate surface area is 150 Å². The number of ether oxygens (including phenoxy) is 1. The zero-order chi connectivity index (χ0) is 18.0. The van der Waals surface area contributed by atoms with E-state index in [0.29, 0.717) is 39.3 Å². The number of nitrogens with zero attached hydrogens (tertiary/aromatic N) is 3. The van der Waals surface area contributed by atoms with Crippen molar-refractivity contribution in [3.63, 3.8) is 0 Å². The van der Waals surface area contributed by atoms with Gasteiger partial charge in [-0.2, -0.15) is 17.0 Å². The van der Waals surface area contributed by atoms with Gasteiger partial charge in [0.1, 0.15) is 0 Å². The number of allylic oxidation sites excluding steroid dienone is 2. The summed E-state index contributed by atoms with van der Waals surface area (Å²) < 4.78 is 34.5. The molecule has 0 radical (unpaired) electrons. The highest BCUT2D eigenvalue weighted by molar-refractivity contribution is 7.86. The van der Waals surface area contributed by atoms with E-state index in [9.17, 15) is 13.2 Å². The van der Waals surface area contributed by atoms with Crippen molar-refractivity contribution in [3.05, 3.63) is 12.2 Å². The van der Waals surface area contributed by atoms with Gasteiger partial charge < -0.3 is 9.64 Å². The first kappa shape index (κ1) is 18.8. The van der Waals surface area contributed by atoms with Gasteiger partial charge >= 0.3 is 0 Å². The lowest BCUT2D eigenvalue weighted by Gasteiger charge is -2.40. The summed E-state index contributed by atoms with van der Waals surface area (Å²) in [5.41, 5.74) is 0. The molecule has 0 N–H and O–H groups in total. The van der Waals surface area contributed by atoms with Crippen molar-refractivity contribution >= 4 is 16.1 Å². The third kappa shape index (κ3) is 4.24. The van der Waals surface area contributed by atoms with E-state index in [1.165, 1.54) is 8.61 Å². The molecule has 8 heteroatoms. The molecule has 2 aliphatic heterocycles. The van der Waals surface area contributed by atoms with Gasteiger partial charge in [0.25, 0.3) is 10.2 Å². The summed E-state index contributed by atoms with van der Waals surface area (Å²) in [5, 5.41) is 0. The SMILES string of the molecule is CC1CN(S(=O)(=O)N2CCN(C(=O)C3CC=CCC3)CC2)CC(C)O1. The summed E-state index contributed by atoms with van der Waals surface area (Å²) in [4.78, 5) is 14.4. The Hall–Kier alpha value is -0.960. The molecule has 1 aliphatic carbocycles. The van der Waals surface area contributed by atoms with Crippen molar-refractivity contribution in [1.82, 2.24) is 13.5 Å². The van der Waals surface area contributed by atoms with Gasteiger partial charge in [0.05, 0.1) is 12.2 Å². The molecule has 3 aliphatic rings. The van der Waals surface area contributed by atoms with Gasteiger partial charge in [-0.1, -0.05) is 12.2 Å². The lowest BCUT2D eigenvalue weighted by Crippen LogP contribution is -2.58. The summed E-state index contributed by atoms with van der Waals surface area (Å²) >= 11 is 0. The monoisotopic (exact) mass is 371 g/mol. The molecule has 2 saturated heterocycles. The predicted octanol–water partition coefficient (Wildman–Crippen LogP) is 0.841. The fourth-order valence-electron chi connectivity index (χ4n) is 3.90. The molecule has 0 aromatic heterocycles. The fourth-order valence-corrected chi connectivity index (χ4v) is 5.65. The van der Waals surface area contributed by atoms with Gasteiger partial charge in [-0.05, 0) is 33.1 Å². The van der Waals surface area contributed by atoms with Gasteiger partial charge in [-0.3, -0.25) is 4.79 Å². The number of rotatable bonds is 3. The van der Waals surface area contributed by atoms with Crippen molar-refractivity contribution in [3.8, 4) is 0 Å². The van der Waals surface area contributed by atoms with Crippen LogP contribution in [0, 0.1) is 5.92 Å². The number of hydrogen-bond acceptors (Lipinski definition) is 4. The van der Waals surface area contributed by atoms with E-state index in [4.69, 9.17) is 4.74 Å². The van der Waals surface area contributed by atoms with Crippen molar-refractivity contribution < 1.29 is 17.9 Å². The van der Waals surface area contributed by atoms with Crippen LogP contribution in [0.15, 0.2) is 12.2 Å². The van der Waals surface area contributed by atoms with Crippen molar-refractivity contribution in [1.29, 1.82) is 0 Å². The van der Waals surface area contributed by atoms with E-state index < -0.39 is 10.2 Å². The highest BCUT2D eigenvalue weighted by Gasteiger charge is 2.37. The summed E-state index contributed by atoms with van der Waals surface area (Å²) in [7, 11) is -3.49. The average molecular weight is 372 g/mol. The van der Waals surface area contributed by atoms with Crippen LogP contribution in [0.4, 0.5) is 0 Å². The maximum Gasteiger partial charge on any atom is 0.282 e. The van der Waals surface area contributed by atoms with Crippen LogP contribution >= 0.6 is 0 Å². The molecule has 2 fully saturated rings. The first-order valence-corrected chi connectivity index (χ1v) is 10.6. The van der Waals surface area contributed by atoms with Crippen LogP contribution in [0.2, 0.25) is 0 Å². The lowest BCUT2D eigenvalue weighted by atomic mass is 9.93. The zero-order valence-corrected chi connectivity index (χ0v) is 16.0. The Morgan fingerprint density at radius 3 is 2.20 bits per heavy atom. The summed E-state index contributed by atoms with van der Waals surface area (Å²) in [6.07, 6.45) is 6.67. The second-order valence-electron chi connectivity index (χ2n) is 7.29. The molecule has 1 amide bonds. The van der Waals surface area contributed by atoms with Crippen molar-refractivity contribution in [2.75, 3.05) is 39.3 Å². The van der Waals surface area contributed by atoms with Crippen LogP contribution in [0.1, 0.15) is 33.1 Å². The van der Waals surface area contributed by atoms with Gasteiger partial charge in [-0.25, -0.2) is 0 Å². The minimum atomic E-state index is -3.49. The minimum Gasteiger partial charge on any atom is -0.373 e. The quantitative estimate of drug-likeness (QED) is 0.690. The fraction of sp³-hybridized carbons (Fsp3) is 0.824. The molecule has 2 heterocycles. The molecular formula is C17H29N3O4S. The Kier molecular flexibility index (Phi) is 5.82. The van der Waals surface area contributed by atoms with Crippen LogP contribution in [0.3, 0.4) is 0 Å². The summed E-state index contributed by atoms with van der Waals surface area (Å²) in [5.74, 6) is 0.240. The summed E-state index contributed by atoms with van der Waals surface area (Å²) in [6.45, 7) is 6.27. The summed E-state index contributed by atoms with van der Waals surface area (Å²) in [6, 6.07) is 0. The zero-order valence-electron chi connectivity index (χ0n) is 15.1.